The monoisotopic (exact) mass is 826 g/mol. The summed E-state index contributed by atoms with van der Waals surface area (Å²) in [6.07, 6.45) is -7.95. The average molecular weight is 827 g/mol. The molecule has 12 nitrogen and oxygen atoms in total. The number of alkyl carbamates (subject to hydrolysis) is 1. The highest BCUT2D eigenvalue weighted by Gasteiger charge is 2.38. The lowest BCUT2D eigenvalue weighted by Crippen LogP contribution is -2.39. The lowest BCUT2D eigenvalue weighted by molar-refractivity contribution is -0.127. The number of carbonyl (C=O) groups is 1. The molecule has 0 radical (unpaired) electrons. The minimum atomic E-state index is -4.31. The van der Waals surface area contributed by atoms with Crippen LogP contribution in [-0.4, -0.2) is 99.1 Å². The van der Waals surface area contributed by atoms with E-state index in [1.165, 1.54) is 24.8 Å². The molecule has 0 aliphatic heterocycles. The van der Waals surface area contributed by atoms with Crippen LogP contribution >= 0.6 is 22.7 Å². The summed E-state index contributed by atoms with van der Waals surface area (Å²) in [6.45, 7) is 0.141. The molecule has 5 aromatic rings. The van der Waals surface area contributed by atoms with E-state index in [1.807, 2.05) is 30.3 Å². The number of hydrogen-bond donors (Lipinski definition) is 4. The standard InChI is InChI=1S/C22H23F3N4O3S.C14H17F3N4OS/c1-29(19-16-9-15(10-22(23,24)25)33-20(16)27-12-26-19)17-7-14(8-18(17)30)28-21(31)32-11-13-5-3-2-4-6-13;1-21(10-2-7(18)3-11(10)22)12-9-4-8(5-14(15,16)17)23-13(9)20-6-19-12/h2-6,9,12,14,17-18,30H,7-8,10-11H2,1H3,(H,28,31);4,6-7,10-11,22H,2-3,5,18H2,1H3/t14-,17+,18-;7-,10+,11-/m11/s1. The molecule has 0 spiro atoms. The van der Waals surface area contributed by atoms with E-state index in [9.17, 15) is 41.4 Å². The molecular formula is C36H40F6N8O4S2. The summed E-state index contributed by atoms with van der Waals surface area (Å²) < 4.78 is 81.4. The van der Waals surface area contributed by atoms with E-state index in [2.05, 4.69) is 25.3 Å². The number of likely N-dealkylation sites (N-methyl/N-ethyl adjacent to an activating group) is 2. The van der Waals surface area contributed by atoms with Crippen LogP contribution < -0.4 is 20.9 Å². The molecule has 0 saturated heterocycles. The first-order chi connectivity index (χ1) is 26.4. The molecule has 1 amide bonds. The molecule has 7 rings (SSSR count). The molecule has 2 saturated carbocycles. The molecular weight excluding hydrogens is 787 g/mol. The van der Waals surface area contributed by atoms with Gasteiger partial charge in [-0.3, -0.25) is 0 Å². The van der Waals surface area contributed by atoms with Gasteiger partial charge in [-0.2, -0.15) is 26.3 Å². The van der Waals surface area contributed by atoms with Gasteiger partial charge >= 0.3 is 18.4 Å². The number of amides is 1. The largest absolute Gasteiger partial charge is 0.445 e. The van der Waals surface area contributed by atoms with E-state index in [1.54, 1.807) is 23.9 Å². The Morgan fingerprint density at radius 3 is 1.79 bits per heavy atom. The fourth-order valence-corrected chi connectivity index (χ4v) is 9.18. The number of fused-ring (bicyclic) bond motifs is 2. The number of nitrogens with two attached hydrogens (primary N) is 1. The van der Waals surface area contributed by atoms with Gasteiger partial charge in [0.15, 0.2) is 0 Å². The zero-order chi connectivity index (χ0) is 40.4. The van der Waals surface area contributed by atoms with Crippen molar-refractivity contribution in [3.63, 3.8) is 0 Å². The second-order valence-electron chi connectivity index (χ2n) is 13.9. The first kappa shape index (κ1) is 41.3. The Morgan fingerprint density at radius 1 is 0.804 bits per heavy atom. The number of aliphatic hydroxyl groups is 2. The first-order valence-electron chi connectivity index (χ1n) is 17.6. The number of halogens is 6. The van der Waals surface area contributed by atoms with Crippen molar-refractivity contribution < 1.29 is 46.1 Å². The summed E-state index contributed by atoms with van der Waals surface area (Å²) >= 11 is 1.99. The molecule has 2 aliphatic rings. The number of aromatic nitrogens is 4. The number of aliphatic hydroxyl groups excluding tert-OH is 2. The number of anilines is 2. The second-order valence-corrected chi connectivity index (χ2v) is 16.2. The number of rotatable bonds is 9. The van der Waals surface area contributed by atoms with Crippen molar-refractivity contribution in [2.75, 3.05) is 23.9 Å². The summed E-state index contributed by atoms with van der Waals surface area (Å²) in [4.78, 5) is 33.7. The number of nitrogens with zero attached hydrogens (tertiary/aromatic N) is 6. The van der Waals surface area contributed by atoms with Crippen molar-refractivity contribution >= 4 is 60.8 Å². The Hall–Kier alpha value is -4.37. The van der Waals surface area contributed by atoms with Crippen LogP contribution in [0, 0.1) is 0 Å². The Labute approximate surface area is 325 Å². The number of nitrogens with one attached hydrogen (secondary N) is 1. The van der Waals surface area contributed by atoms with E-state index >= 15 is 0 Å². The Balaban J connectivity index is 0.000000202. The fourth-order valence-electron chi connectivity index (χ4n) is 7.14. The van der Waals surface area contributed by atoms with E-state index in [-0.39, 0.29) is 40.5 Å². The predicted molar refractivity (Wildman–Crippen MR) is 201 cm³/mol. The summed E-state index contributed by atoms with van der Waals surface area (Å²) in [5.74, 6) is 0.971. The topological polar surface area (TPSA) is 163 Å². The van der Waals surface area contributed by atoms with Crippen molar-refractivity contribution in [1.29, 1.82) is 0 Å². The molecule has 4 aromatic heterocycles. The average Bonchev–Trinajstić information content (AvgIpc) is 3.89. The quantitative estimate of drug-likeness (QED) is 0.127. The Bertz CT molecular complexity index is 2100. The van der Waals surface area contributed by atoms with Crippen LogP contribution in [0.1, 0.15) is 41.0 Å². The zero-order valence-corrected chi connectivity index (χ0v) is 31.8. The van der Waals surface area contributed by atoms with Gasteiger partial charge in [0.1, 0.15) is 40.6 Å². The van der Waals surface area contributed by atoms with Crippen LogP contribution in [0.5, 0.6) is 0 Å². The SMILES string of the molecule is CN(c1ncnc2sc(CC(F)(F)F)cc12)[C@H]1C[C@@H](N)C[C@H]1O.CN(c1ncnc2sc(CC(F)(F)F)cc12)[C@H]1C[C@@H](NC(=O)OCc2ccccc2)C[C@H]1O. The van der Waals surface area contributed by atoms with Crippen LogP contribution in [0.25, 0.3) is 20.4 Å². The zero-order valence-electron chi connectivity index (χ0n) is 30.2. The van der Waals surface area contributed by atoms with Crippen LogP contribution in [0.4, 0.5) is 42.8 Å². The molecule has 302 valence electrons. The molecule has 5 N–H and O–H groups in total. The minimum Gasteiger partial charge on any atom is -0.445 e. The molecule has 1 aromatic carbocycles. The van der Waals surface area contributed by atoms with Crippen molar-refractivity contribution in [1.82, 2.24) is 25.3 Å². The van der Waals surface area contributed by atoms with Gasteiger partial charge in [-0.25, -0.2) is 24.7 Å². The first-order valence-corrected chi connectivity index (χ1v) is 19.2. The molecule has 4 heterocycles. The number of alkyl halides is 6. The molecule has 56 heavy (non-hydrogen) atoms. The van der Waals surface area contributed by atoms with Gasteiger partial charge in [0.05, 0.1) is 47.9 Å². The van der Waals surface area contributed by atoms with Crippen molar-refractivity contribution in [2.24, 2.45) is 5.73 Å². The maximum atomic E-state index is 12.8. The highest BCUT2D eigenvalue weighted by Crippen LogP contribution is 2.37. The number of carbonyl (C=O) groups excluding carboxylic acids is 1. The van der Waals surface area contributed by atoms with Crippen molar-refractivity contribution in [3.05, 3.63) is 70.4 Å². The summed E-state index contributed by atoms with van der Waals surface area (Å²) in [7, 11) is 3.50. The molecule has 2 aliphatic carbocycles. The molecule has 6 atom stereocenters. The highest BCUT2D eigenvalue weighted by molar-refractivity contribution is 7.19. The van der Waals surface area contributed by atoms with Gasteiger partial charge in [-0.15, -0.1) is 22.7 Å². The van der Waals surface area contributed by atoms with Gasteiger partial charge < -0.3 is 35.8 Å². The number of benzene rings is 1. The van der Waals surface area contributed by atoms with Crippen LogP contribution in [0.3, 0.4) is 0 Å². The van der Waals surface area contributed by atoms with Gasteiger partial charge in [0, 0.05) is 35.9 Å². The van der Waals surface area contributed by atoms with Gasteiger partial charge in [0.2, 0.25) is 0 Å². The second kappa shape index (κ2) is 17.0. The van der Waals surface area contributed by atoms with Crippen LogP contribution in [0.2, 0.25) is 0 Å². The van der Waals surface area contributed by atoms with E-state index in [4.69, 9.17) is 10.5 Å². The normalized spacial score (nSPS) is 22.6. The summed E-state index contributed by atoms with van der Waals surface area (Å²) in [5.41, 5.74) is 6.74. The fraction of sp³-hybridized carbons (Fsp3) is 0.472. The third kappa shape index (κ3) is 10.3. The van der Waals surface area contributed by atoms with Crippen LogP contribution in [-0.2, 0) is 24.2 Å². The summed E-state index contributed by atoms with van der Waals surface area (Å²) in [5, 5.41) is 24.6. The highest BCUT2D eigenvalue weighted by atomic mass is 32.1. The molecule has 2 fully saturated rings. The van der Waals surface area contributed by atoms with Gasteiger partial charge in [-0.1, -0.05) is 30.3 Å². The third-order valence-corrected chi connectivity index (χ3v) is 11.8. The van der Waals surface area contributed by atoms with E-state index in [0.29, 0.717) is 57.8 Å². The Kier molecular flexibility index (Phi) is 12.5. The number of thiophene rings is 2. The molecule has 0 bridgehead atoms. The lowest BCUT2D eigenvalue weighted by Gasteiger charge is -2.28. The smallest absolute Gasteiger partial charge is 0.407 e. The van der Waals surface area contributed by atoms with Crippen molar-refractivity contribution in [3.8, 4) is 0 Å². The van der Waals surface area contributed by atoms with Gasteiger partial charge in [-0.05, 0) is 43.4 Å². The van der Waals surface area contributed by atoms with E-state index in [0.717, 1.165) is 28.2 Å². The number of ether oxygens (including phenoxy) is 1. The lowest BCUT2D eigenvalue weighted by atomic mass is 10.1. The number of hydrogen-bond acceptors (Lipinski definition) is 13. The Morgan fingerprint density at radius 2 is 1.30 bits per heavy atom. The maximum absolute atomic E-state index is 12.8. The van der Waals surface area contributed by atoms with Crippen LogP contribution in [0.15, 0.2) is 55.1 Å². The molecule has 20 heteroatoms. The minimum absolute atomic E-state index is 0.0851. The molecule has 0 unspecified atom stereocenters. The van der Waals surface area contributed by atoms with Crippen molar-refractivity contribution in [2.45, 2.75) is 93.9 Å². The third-order valence-electron chi connectivity index (χ3n) is 9.69. The summed E-state index contributed by atoms with van der Waals surface area (Å²) in [6, 6.07) is 11.3. The maximum Gasteiger partial charge on any atom is 0.407 e. The predicted octanol–water partition coefficient (Wildman–Crippen LogP) is 6.13. The van der Waals surface area contributed by atoms with E-state index < -0.39 is 43.5 Å². The van der Waals surface area contributed by atoms with Gasteiger partial charge in [0.25, 0.3) is 0 Å².